The Labute approximate surface area is 550 Å². The fraction of sp³-hybridized carbons (Fsp3) is 0. The molecule has 0 amide bonds. The molecule has 0 N–H and O–H groups in total. The zero-order valence-electron chi connectivity index (χ0n) is 51.4. The van der Waals surface area contributed by atoms with E-state index in [9.17, 15) is 0 Å². The Morgan fingerprint density at radius 1 is 0.200 bits per heavy atom. The van der Waals surface area contributed by atoms with Crippen LogP contribution >= 0.6 is 11.3 Å². The predicted octanol–water partition coefficient (Wildman–Crippen LogP) is 24.2. The number of pyridine rings is 1. The average Bonchev–Trinajstić information content (AvgIpc) is 1.58. The van der Waals surface area contributed by atoms with E-state index < -0.39 is 0 Å². The molecule has 5 nitrogen and oxygen atoms in total. The lowest BCUT2D eigenvalue weighted by Crippen LogP contribution is -2.03. The third-order valence-electron chi connectivity index (χ3n) is 19.7. The van der Waals surface area contributed by atoms with E-state index in [0.29, 0.717) is 0 Å². The van der Waals surface area contributed by atoms with Crippen molar-refractivity contribution in [2.45, 2.75) is 0 Å². The van der Waals surface area contributed by atoms with Crippen molar-refractivity contribution >= 4 is 119 Å². The average molecular weight is 1230 g/mol. The Morgan fingerprint density at radius 2 is 0.537 bits per heavy atom. The van der Waals surface area contributed by atoms with Crippen LogP contribution in [0.5, 0.6) is 0 Å². The van der Waals surface area contributed by atoms with Crippen molar-refractivity contribution in [1.82, 2.24) is 23.3 Å². The normalized spacial score (nSPS) is 12.0. The van der Waals surface area contributed by atoms with Crippen LogP contribution in [0.25, 0.3) is 186 Å². The first-order valence-corrected chi connectivity index (χ1v) is 33.3. The van der Waals surface area contributed by atoms with Crippen LogP contribution in [0.4, 0.5) is 0 Å². The fourth-order valence-electron chi connectivity index (χ4n) is 15.4. The van der Waals surface area contributed by atoms with Crippen LogP contribution in [0, 0.1) is 0 Å². The first-order chi connectivity index (χ1) is 47.1. The molecule has 0 unspecified atom stereocenters. The standard InChI is InChI=1S/C89H55N5S/c1-5-20-56(21-6-1)60-36-41-79-71(48-60)72-49-61(57-22-7-2-8-23-57)37-42-80(72)91(79)65-53-66(92-81-43-38-62(58-24-9-3-10-25-58)50-73(81)74-51-63(39-44-82(74)92)59-26-11-4-12-27-59)55-67(54-65)93-77-32-16-13-29-69(77)88-83(93)45-46-84-89(88)70-30-14-17-33-78(70)94(84)87-35-19-31-76(90-87)64-40-47-86-75(52-64)68-28-15-18-34-85(68)95-86/h1-55H. The first kappa shape index (κ1) is 53.3. The SMILES string of the molecule is c1ccc(-c2ccc3c(c2)c2cc(-c4ccccc4)ccc2n3-c2cc(-n3c4ccc(-c5ccccc5)cc4c4cc(-c5ccccc5)ccc43)cc(-n3c4ccccc4c4c5c6ccccc6n(-c6cccc(-c7ccc8sc9ccccc9c8c7)n6)c5ccc43)c2)cc1. The Morgan fingerprint density at radius 3 is 1.00 bits per heavy atom. The number of rotatable bonds is 9. The van der Waals surface area contributed by atoms with Gasteiger partial charge in [0, 0.05) is 68.8 Å². The van der Waals surface area contributed by atoms with Gasteiger partial charge in [0.05, 0.1) is 66.9 Å². The largest absolute Gasteiger partial charge is 0.309 e. The van der Waals surface area contributed by atoms with E-state index in [2.05, 4.69) is 352 Å². The molecule has 0 aliphatic heterocycles. The predicted molar refractivity (Wildman–Crippen MR) is 402 cm³/mol. The number of benzene rings is 14. The van der Waals surface area contributed by atoms with E-state index in [1.807, 2.05) is 11.3 Å². The molecular weight excluding hydrogens is 1170 g/mol. The minimum Gasteiger partial charge on any atom is -0.309 e. The molecule has 6 heterocycles. The van der Waals surface area contributed by atoms with Gasteiger partial charge in [0.1, 0.15) is 5.82 Å². The first-order valence-electron chi connectivity index (χ1n) is 32.5. The zero-order chi connectivity index (χ0) is 62.2. The quantitative estimate of drug-likeness (QED) is 0.142. The number of nitrogens with zero attached hydrogens (tertiary/aromatic N) is 5. The second-order valence-electron chi connectivity index (χ2n) is 25.0. The summed E-state index contributed by atoms with van der Waals surface area (Å²) in [6, 6.07) is 123. The molecule has 0 atom stereocenters. The minimum atomic E-state index is 0.875. The molecule has 20 rings (SSSR count). The van der Waals surface area contributed by atoms with E-state index in [1.54, 1.807) is 0 Å². The molecule has 0 aliphatic rings. The smallest absolute Gasteiger partial charge is 0.138 e. The summed E-state index contributed by atoms with van der Waals surface area (Å²) in [4.78, 5) is 5.54. The zero-order valence-corrected chi connectivity index (χ0v) is 52.2. The summed E-state index contributed by atoms with van der Waals surface area (Å²) in [5.41, 5.74) is 23.6. The molecule has 0 fully saturated rings. The fourth-order valence-corrected chi connectivity index (χ4v) is 16.5. The van der Waals surface area contributed by atoms with Crippen molar-refractivity contribution in [1.29, 1.82) is 0 Å². The molecule has 0 saturated carbocycles. The van der Waals surface area contributed by atoms with Crippen LogP contribution < -0.4 is 0 Å². The van der Waals surface area contributed by atoms with E-state index in [-0.39, 0.29) is 0 Å². The molecule has 0 radical (unpaired) electrons. The number of fused-ring (bicyclic) bond motifs is 16. The summed E-state index contributed by atoms with van der Waals surface area (Å²) in [5.74, 6) is 0.875. The van der Waals surface area contributed by atoms with Crippen LogP contribution in [-0.4, -0.2) is 23.3 Å². The third-order valence-corrected chi connectivity index (χ3v) is 20.9. The number of thiophene rings is 1. The molecule has 20 aromatic rings. The summed E-state index contributed by atoms with van der Waals surface area (Å²) in [6.45, 7) is 0. The van der Waals surface area contributed by atoms with Gasteiger partial charge in [-0.1, -0.05) is 212 Å². The maximum absolute atomic E-state index is 5.54. The summed E-state index contributed by atoms with van der Waals surface area (Å²) in [7, 11) is 0. The molecule has 0 aliphatic carbocycles. The third kappa shape index (κ3) is 8.38. The van der Waals surface area contributed by atoms with Gasteiger partial charge in [-0.05, 0) is 166 Å². The Bertz CT molecular complexity index is 6090. The summed E-state index contributed by atoms with van der Waals surface area (Å²) >= 11 is 1.84. The van der Waals surface area contributed by atoms with Gasteiger partial charge in [0.25, 0.3) is 0 Å². The maximum Gasteiger partial charge on any atom is 0.138 e. The van der Waals surface area contributed by atoms with Crippen molar-refractivity contribution in [2.24, 2.45) is 0 Å². The second-order valence-corrected chi connectivity index (χ2v) is 26.1. The van der Waals surface area contributed by atoms with Gasteiger partial charge in [0.15, 0.2) is 0 Å². The highest BCUT2D eigenvalue weighted by atomic mass is 32.1. The molecule has 14 aromatic carbocycles. The van der Waals surface area contributed by atoms with Gasteiger partial charge < -0.3 is 13.7 Å². The number of hydrogen-bond donors (Lipinski definition) is 0. The van der Waals surface area contributed by atoms with Crippen LogP contribution in [0.3, 0.4) is 0 Å². The second kappa shape index (κ2) is 21.1. The Kier molecular flexibility index (Phi) is 11.8. The van der Waals surface area contributed by atoms with E-state index >= 15 is 0 Å². The molecule has 0 bridgehead atoms. The lowest BCUT2D eigenvalue weighted by atomic mass is 10.0. The number of para-hydroxylation sites is 2. The highest BCUT2D eigenvalue weighted by molar-refractivity contribution is 7.25. The van der Waals surface area contributed by atoms with E-state index in [1.165, 1.54) is 108 Å². The van der Waals surface area contributed by atoms with Crippen molar-refractivity contribution in [3.05, 3.63) is 334 Å². The van der Waals surface area contributed by atoms with Crippen LogP contribution in [0.2, 0.25) is 0 Å². The summed E-state index contributed by atoms with van der Waals surface area (Å²) < 4.78 is 12.5. The van der Waals surface area contributed by atoms with Gasteiger partial charge in [-0.3, -0.25) is 4.57 Å². The van der Waals surface area contributed by atoms with Gasteiger partial charge in [-0.25, -0.2) is 4.98 Å². The number of aromatic nitrogens is 5. The van der Waals surface area contributed by atoms with Gasteiger partial charge >= 0.3 is 0 Å². The molecular formula is C89H55N5S. The summed E-state index contributed by atoms with van der Waals surface area (Å²) in [5, 5.41) is 12.1. The maximum atomic E-state index is 5.54. The summed E-state index contributed by atoms with van der Waals surface area (Å²) in [6.07, 6.45) is 0. The minimum absolute atomic E-state index is 0.875. The van der Waals surface area contributed by atoms with E-state index in [4.69, 9.17) is 4.98 Å². The molecule has 95 heavy (non-hydrogen) atoms. The van der Waals surface area contributed by atoms with Crippen molar-refractivity contribution in [3.8, 4) is 78.6 Å². The van der Waals surface area contributed by atoms with Crippen LogP contribution in [0.15, 0.2) is 334 Å². The topological polar surface area (TPSA) is 32.6 Å². The van der Waals surface area contributed by atoms with Gasteiger partial charge in [0.2, 0.25) is 0 Å². The molecule has 6 heteroatoms. The highest BCUT2D eigenvalue weighted by Crippen LogP contribution is 2.46. The lowest BCUT2D eigenvalue weighted by molar-refractivity contribution is 1.08. The lowest BCUT2D eigenvalue weighted by Gasteiger charge is -2.18. The van der Waals surface area contributed by atoms with E-state index in [0.717, 1.165) is 78.3 Å². The van der Waals surface area contributed by atoms with Crippen LogP contribution in [0.1, 0.15) is 0 Å². The Balaban J connectivity index is 0.857. The van der Waals surface area contributed by atoms with Crippen LogP contribution in [-0.2, 0) is 0 Å². The molecule has 0 saturated heterocycles. The van der Waals surface area contributed by atoms with Gasteiger partial charge in [-0.15, -0.1) is 11.3 Å². The monoisotopic (exact) mass is 1230 g/mol. The molecule has 442 valence electrons. The van der Waals surface area contributed by atoms with Gasteiger partial charge in [-0.2, -0.15) is 0 Å². The molecule has 0 spiro atoms. The van der Waals surface area contributed by atoms with Crippen molar-refractivity contribution in [2.75, 3.05) is 0 Å². The Hall–Kier alpha value is -12.4. The highest BCUT2D eigenvalue weighted by Gasteiger charge is 2.25. The van der Waals surface area contributed by atoms with Crippen molar-refractivity contribution in [3.63, 3.8) is 0 Å². The number of hydrogen-bond acceptors (Lipinski definition) is 2. The molecule has 6 aromatic heterocycles. The van der Waals surface area contributed by atoms with Crippen molar-refractivity contribution < 1.29 is 0 Å².